The van der Waals surface area contributed by atoms with Gasteiger partial charge in [-0.15, -0.1) is 0 Å². The second kappa shape index (κ2) is 4.86. The zero-order valence-corrected chi connectivity index (χ0v) is 10.3. The number of fused-ring (bicyclic) bond motifs is 1. The quantitative estimate of drug-likeness (QED) is 0.831. The fraction of sp³-hybridized carbons (Fsp3) is 0.462. The maximum absolute atomic E-state index is 5.95. The molecule has 0 amide bonds. The van der Waals surface area contributed by atoms with Gasteiger partial charge in [0.15, 0.2) is 0 Å². The number of nitrogen functional groups attached to an aromatic ring is 1. The SMILES string of the molecule is Nc1nc(C[C@@H]2CCCCN2)nc2ccncc12. The molecule has 5 nitrogen and oxygen atoms in total. The third-order valence-corrected chi connectivity index (χ3v) is 3.41. The molecule has 0 aliphatic carbocycles. The Hall–Kier alpha value is -1.75. The van der Waals surface area contributed by atoms with Crippen molar-refractivity contribution in [1.82, 2.24) is 20.3 Å². The maximum Gasteiger partial charge on any atom is 0.136 e. The Morgan fingerprint density at radius 2 is 2.28 bits per heavy atom. The predicted molar refractivity (Wildman–Crippen MR) is 71.1 cm³/mol. The van der Waals surface area contributed by atoms with E-state index in [1.165, 1.54) is 19.3 Å². The van der Waals surface area contributed by atoms with Gasteiger partial charge in [-0.1, -0.05) is 6.42 Å². The number of hydrogen-bond donors (Lipinski definition) is 2. The molecule has 1 fully saturated rings. The van der Waals surface area contributed by atoms with Crippen molar-refractivity contribution in [3.63, 3.8) is 0 Å². The Bertz CT molecular complexity index is 548. The van der Waals surface area contributed by atoms with Crippen molar-refractivity contribution in [2.45, 2.75) is 31.7 Å². The van der Waals surface area contributed by atoms with Crippen molar-refractivity contribution in [3.05, 3.63) is 24.3 Å². The fourth-order valence-electron chi connectivity index (χ4n) is 2.46. The van der Waals surface area contributed by atoms with Crippen LogP contribution in [0.5, 0.6) is 0 Å². The van der Waals surface area contributed by atoms with Gasteiger partial charge < -0.3 is 11.1 Å². The lowest BCUT2D eigenvalue weighted by Crippen LogP contribution is -2.36. The number of aromatic nitrogens is 3. The van der Waals surface area contributed by atoms with Gasteiger partial charge in [-0.25, -0.2) is 9.97 Å². The van der Waals surface area contributed by atoms with Gasteiger partial charge in [-0.05, 0) is 25.5 Å². The van der Waals surface area contributed by atoms with Crippen molar-refractivity contribution >= 4 is 16.7 Å². The number of nitrogens with zero attached hydrogens (tertiary/aromatic N) is 3. The molecular weight excluding hydrogens is 226 g/mol. The number of piperidine rings is 1. The van der Waals surface area contributed by atoms with E-state index < -0.39 is 0 Å². The van der Waals surface area contributed by atoms with E-state index in [0.29, 0.717) is 11.9 Å². The van der Waals surface area contributed by atoms with Crippen molar-refractivity contribution in [1.29, 1.82) is 0 Å². The fourth-order valence-corrected chi connectivity index (χ4v) is 2.46. The van der Waals surface area contributed by atoms with Crippen LogP contribution >= 0.6 is 0 Å². The summed E-state index contributed by atoms with van der Waals surface area (Å²) in [5.74, 6) is 1.35. The Kier molecular flexibility index (Phi) is 3.06. The summed E-state index contributed by atoms with van der Waals surface area (Å²) in [5.41, 5.74) is 6.83. The molecule has 0 radical (unpaired) electrons. The molecule has 0 aromatic carbocycles. The lowest BCUT2D eigenvalue weighted by molar-refractivity contribution is 0.394. The van der Waals surface area contributed by atoms with Crippen LogP contribution in [0, 0.1) is 0 Å². The third-order valence-electron chi connectivity index (χ3n) is 3.41. The van der Waals surface area contributed by atoms with E-state index in [9.17, 15) is 0 Å². The Morgan fingerprint density at radius 1 is 1.33 bits per heavy atom. The van der Waals surface area contributed by atoms with E-state index in [-0.39, 0.29) is 0 Å². The topological polar surface area (TPSA) is 76.7 Å². The molecule has 18 heavy (non-hydrogen) atoms. The number of anilines is 1. The van der Waals surface area contributed by atoms with Crippen LogP contribution in [0.3, 0.4) is 0 Å². The van der Waals surface area contributed by atoms with Crippen LogP contribution in [-0.4, -0.2) is 27.5 Å². The van der Waals surface area contributed by atoms with Crippen LogP contribution in [0.1, 0.15) is 25.1 Å². The van der Waals surface area contributed by atoms with Crippen LogP contribution in [0.15, 0.2) is 18.5 Å². The molecule has 3 N–H and O–H groups in total. The molecule has 0 spiro atoms. The molecule has 0 bridgehead atoms. The smallest absolute Gasteiger partial charge is 0.136 e. The Balaban J connectivity index is 1.87. The highest BCUT2D eigenvalue weighted by Crippen LogP contribution is 2.17. The predicted octanol–water partition coefficient (Wildman–Crippen LogP) is 1.29. The Labute approximate surface area is 106 Å². The van der Waals surface area contributed by atoms with Gasteiger partial charge in [-0.2, -0.15) is 0 Å². The molecule has 5 heteroatoms. The van der Waals surface area contributed by atoms with Crippen LogP contribution in [0.25, 0.3) is 10.9 Å². The summed E-state index contributed by atoms with van der Waals surface area (Å²) in [6.45, 7) is 1.09. The summed E-state index contributed by atoms with van der Waals surface area (Å²) in [7, 11) is 0. The molecule has 94 valence electrons. The van der Waals surface area contributed by atoms with E-state index in [4.69, 9.17) is 5.73 Å². The molecule has 2 aromatic heterocycles. The number of hydrogen-bond acceptors (Lipinski definition) is 5. The first-order valence-electron chi connectivity index (χ1n) is 6.42. The van der Waals surface area contributed by atoms with Crippen molar-refractivity contribution < 1.29 is 0 Å². The lowest BCUT2D eigenvalue weighted by Gasteiger charge is -2.22. The average Bonchev–Trinajstić information content (AvgIpc) is 2.40. The van der Waals surface area contributed by atoms with Gasteiger partial charge in [0.2, 0.25) is 0 Å². The largest absolute Gasteiger partial charge is 0.383 e. The van der Waals surface area contributed by atoms with Gasteiger partial charge in [-0.3, -0.25) is 4.98 Å². The molecule has 1 aliphatic heterocycles. The molecule has 3 rings (SSSR count). The van der Waals surface area contributed by atoms with Gasteiger partial charge >= 0.3 is 0 Å². The van der Waals surface area contributed by atoms with Crippen LogP contribution < -0.4 is 11.1 Å². The number of rotatable bonds is 2. The van der Waals surface area contributed by atoms with E-state index in [1.54, 1.807) is 12.4 Å². The average molecular weight is 243 g/mol. The first kappa shape index (κ1) is 11.3. The molecule has 0 unspecified atom stereocenters. The van der Waals surface area contributed by atoms with E-state index in [1.807, 2.05) is 6.07 Å². The summed E-state index contributed by atoms with van der Waals surface area (Å²) < 4.78 is 0. The first-order valence-corrected chi connectivity index (χ1v) is 6.42. The zero-order chi connectivity index (χ0) is 12.4. The summed E-state index contributed by atoms with van der Waals surface area (Å²) >= 11 is 0. The third kappa shape index (κ3) is 2.26. The van der Waals surface area contributed by atoms with Crippen LogP contribution in [0.2, 0.25) is 0 Å². The minimum absolute atomic E-state index is 0.484. The van der Waals surface area contributed by atoms with Crippen molar-refractivity contribution in [2.75, 3.05) is 12.3 Å². The summed E-state index contributed by atoms with van der Waals surface area (Å²) in [5, 5.41) is 4.33. The van der Waals surface area contributed by atoms with Gasteiger partial charge in [0.25, 0.3) is 0 Å². The first-order chi connectivity index (χ1) is 8.83. The van der Waals surface area contributed by atoms with E-state index in [0.717, 1.165) is 29.7 Å². The second-order valence-electron chi connectivity index (χ2n) is 4.77. The standard InChI is InChI=1S/C13H17N5/c14-13-10-8-15-6-4-11(10)17-12(18-13)7-9-3-1-2-5-16-9/h4,6,8-9,16H,1-3,5,7H2,(H2,14,17,18)/t9-/m0/s1. The highest BCUT2D eigenvalue weighted by atomic mass is 15.0. The molecule has 3 heterocycles. The maximum atomic E-state index is 5.95. The minimum atomic E-state index is 0.484. The molecular formula is C13H17N5. The summed E-state index contributed by atoms with van der Waals surface area (Å²) in [6.07, 6.45) is 8.04. The normalized spacial score (nSPS) is 20.1. The number of pyridine rings is 1. The molecule has 2 aromatic rings. The van der Waals surface area contributed by atoms with Crippen LogP contribution in [0.4, 0.5) is 5.82 Å². The van der Waals surface area contributed by atoms with Gasteiger partial charge in [0, 0.05) is 24.9 Å². The number of nitrogens with one attached hydrogen (secondary N) is 1. The molecule has 1 aliphatic rings. The number of nitrogens with two attached hydrogens (primary N) is 1. The molecule has 1 atom stereocenters. The zero-order valence-electron chi connectivity index (χ0n) is 10.3. The minimum Gasteiger partial charge on any atom is -0.383 e. The molecule has 1 saturated heterocycles. The lowest BCUT2D eigenvalue weighted by atomic mass is 10.0. The van der Waals surface area contributed by atoms with E-state index in [2.05, 4.69) is 20.3 Å². The van der Waals surface area contributed by atoms with Crippen LogP contribution in [-0.2, 0) is 6.42 Å². The summed E-state index contributed by atoms with van der Waals surface area (Å²) in [6, 6.07) is 2.36. The summed E-state index contributed by atoms with van der Waals surface area (Å²) in [4.78, 5) is 13.0. The van der Waals surface area contributed by atoms with Crippen molar-refractivity contribution in [2.24, 2.45) is 0 Å². The molecule has 0 saturated carbocycles. The van der Waals surface area contributed by atoms with E-state index >= 15 is 0 Å². The Morgan fingerprint density at radius 3 is 3.11 bits per heavy atom. The van der Waals surface area contributed by atoms with Gasteiger partial charge in [0.05, 0.1) is 10.9 Å². The van der Waals surface area contributed by atoms with Gasteiger partial charge in [0.1, 0.15) is 11.6 Å². The van der Waals surface area contributed by atoms with Crippen molar-refractivity contribution in [3.8, 4) is 0 Å². The highest BCUT2D eigenvalue weighted by molar-refractivity contribution is 5.86. The highest BCUT2D eigenvalue weighted by Gasteiger charge is 2.15. The second-order valence-corrected chi connectivity index (χ2v) is 4.77. The monoisotopic (exact) mass is 243 g/mol.